The van der Waals surface area contributed by atoms with Crippen LogP contribution in [0.15, 0.2) is 65.4 Å². The van der Waals surface area contributed by atoms with Crippen molar-refractivity contribution in [1.82, 2.24) is 25.0 Å². The van der Waals surface area contributed by atoms with Crippen molar-refractivity contribution in [3.8, 4) is 28.6 Å². The Hall–Kier alpha value is -5.65. The number of phenols is 1. The number of carboxylic acids is 1. The number of aliphatic hydroxyl groups is 1. The van der Waals surface area contributed by atoms with Gasteiger partial charge in [0, 0.05) is 100 Å². The summed E-state index contributed by atoms with van der Waals surface area (Å²) in [4.78, 5) is 38.2. The van der Waals surface area contributed by atoms with Crippen LogP contribution in [-0.4, -0.2) is 141 Å². The molecule has 1 aromatic carbocycles. The number of rotatable bonds is 15. The number of carboxylic acid groups (broad SMARTS) is 1. The number of furan rings is 1. The highest BCUT2D eigenvalue weighted by Crippen LogP contribution is 2.40. The zero-order valence-corrected chi connectivity index (χ0v) is 35.9. The van der Waals surface area contributed by atoms with Gasteiger partial charge >= 0.3 is 5.97 Å². The zero-order chi connectivity index (χ0) is 43.8. The molecule has 1 saturated carbocycles. The Balaban J connectivity index is 0.697. The number of phenolic OH excluding ortho intramolecular Hbond substituents is 1. The fourth-order valence-corrected chi connectivity index (χ4v) is 10.1. The number of piperazine rings is 1. The van der Waals surface area contributed by atoms with Crippen molar-refractivity contribution in [2.45, 2.75) is 107 Å². The van der Waals surface area contributed by atoms with Crippen LogP contribution in [0.4, 0.5) is 17.2 Å². The van der Waals surface area contributed by atoms with Crippen LogP contribution in [0.1, 0.15) is 70.5 Å². The summed E-state index contributed by atoms with van der Waals surface area (Å²) in [5.74, 6) is -0.192. The van der Waals surface area contributed by atoms with Gasteiger partial charge in [-0.2, -0.15) is 0 Å². The van der Waals surface area contributed by atoms with Crippen molar-refractivity contribution in [2.24, 2.45) is 5.92 Å². The molecule has 336 valence electrons. The van der Waals surface area contributed by atoms with E-state index in [0.29, 0.717) is 53.2 Å². The number of carbonyl (C=O) groups is 2. The summed E-state index contributed by atoms with van der Waals surface area (Å²) in [5.41, 5.74) is 9.54. The minimum absolute atomic E-state index is 0.00850. The highest BCUT2D eigenvalue weighted by molar-refractivity contribution is 5.88. The number of fused-ring (bicyclic) bond motifs is 2. The number of likely N-dealkylation sites (tertiary alicyclic amines) is 2. The molecule has 0 radical (unpaired) electrons. The highest BCUT2D eigenvalue weighted by atomic mass is 16.5. The van der Waals surface area contributed by atoms with Crippen LogP contribution >= 0.6 is 0 Å². The molecule has 1 aliphatic carbocycles. The van der Waals surface area contributed by atoms with Crippen molar-refractivity contribution in [3.05, 3.63) is 66.8 Å². The quantitative estimate of drug-likeness (QED) is 0.129. The van der Waals surface area contributed by atoms with Crippen LogP contribution in [0.3, 0.4) is 0 Å². The Bertz CT molecular complexity index is 2230. The summed E-state index contributed by atoms with van der Waals surface area (Å²) in [7, 11) is 0. The standard InChI is InChI=1S/C46H58N8O9/c1-27(2)43(45(57)53-25-31(55)18-39(53)46(58)59)41-21-35(26-61-41)60-16-15-51-13-10-32(11-14-51)62-33-19-34(20-33)63-42-17-28(9-12-48-42)54-29-7-8-30(54)24-52(23-29)38-22-37(49-50-44(38)47)36-5-3-4-6-40(36)56/h3-6,9,12,17,21-22,26-27,29-34,39,43,55-56H,7-8,10-11,13-16,18-20,23-25H2,1-2H3,(H2,47,50)(H,58,59)/t29?,30?,31-,33?,34?,39+,43-/m1/s1. The molecule has 9 rings (SSSR count). The molecular formula is C46H58N8O9. The van der Waals surface area contributed by atoms with Crippen LogP contribution in [-0.2, 0) is 14.3 Å². The van der Waals surface area contributed by atoms with Crippen LogP contribution in [0.5, 0.6) is 17.4 Å². The summed E-state index contributed by atoms with van der Waals surface area (Å²) in [6.45, 7) is 8.38. The number of amides is 1. The summed E-state index contributed by atoms with van der Waals surface area (Å²) in [6.07, 6.45) is 8.64. The van der Waals surface area contributed by atoms with Crippen molar-refractivity contribution >= 4 is 29.1 Å². The molecule has 5 atom stereocenters. The number of nitrogens with two attached hydrogens (primary N) is 1. The average molecular weight is 867 g/mol. The summed E-state index contributed by atoms with van der Waals surface area (Å²) in [5, 5.41) is 38.6. The molecular weight excluding hydrogens is 809 g/mol. The number of carbonyl (C=O) groups excluding carboxylic acids is 1. The van der Waals surface area contributed by atoms with E-state index < -0.39 is 24.0 Å². The second kappa shape index (κ2) is 18.2. The number of hydrogen-bond donors (Lipinski definition) is 4. The predicted molar refractivity (Wildman–Crippen MR) is 233 cm³/mol. The van der Waals surface area contributed by atoms with Gasteiger partial charge in [-0.25, -0.2) is 9.78 Å². The summed E-state index contributed by atoms with van der Waals surface area (Å²) >= 11 is 0. The fraction of sp³-hybridized carbons (Fsp3) is 0.543. The van der Waals surface area contributed by atoms with Crippen molar-refractivity contribution < 1.29 is 43.5 Å². The monoisotopic (exact) mass is 866 g/mol. The molecule has 7 heterocycles. The van der Waals surface area contributed by atoms with Gasteiger partial charge in [0.25, 0.3) is 0 Å². The van der Waals surface area contributed by atoms with Gasteiger partial charge in [0.15, 0.2) is 11.6 Å². The van der Waals surface area contributed by atoms with Crippen molar-refractivity contribution in [3.63, 3.8) is 0 Å². The Kier molecular flexibility index (Phi) is 12.3. The van der Waals surface area contributed by atoms with Gasteiger partial charge < -0.3 is 54.4 Å². The van der Waals surface area contributed by atoms with E-state index in [9.17, 15) is 24.9 Å². The number of aromatic nitrogens is 3. The lowest BCUT2D eigenvalue weighted by atomic mass is 9.91. The number of benzene rings is 1. The van der Waals surface area contributed by atoms with Gasteiger partial charge in [0.2, 0.25) is 11.8 Å². The molecule has 4 saturated heterocycles. The first-order valence-electron chi connectivity index (χ1n) is 22.3. The molecule has 63 heavy (non-hydrogen) atoms. The van der Waals surface area contributed by atoms with E-state index >= 15 is 0 Å². The molecule has 3 aromatic heterocycles. The first kappa shape index (κ1) is 42.6. The van der Waals surface area contributed by atoms with Gasteiger partial charge in [-0.15, -0.1) is 10.2 Å². The molecule has 4 aromatic rings. The van der Waals surface area contributed by atoms with E-state index in [2.05, 4.69) is 42.0 Å². The maximum atomic E-state index is 13.5. The highest BCUT2D eigenvalue weighted by Gasteiger charge is 2.44. The smallest absolute Gasteiger partial charge is 0.326 e. The normalized spacial score (nSPS) is 25.6. The van der Waals surface area contributed by atoms with Gasteiger partial charge in [-0.3, -0.25) is 9.69 Å². The van der Waals surface area contributed by atoms with Crippen LogP contribution in [0, 0.1) is 5.92 Å². The predicted octanol–water partition coefficient (Wildman–Crippen LogP) is 4.53. The number of nitrogens with zero attached hydrogens (tertiary/aromatic N) is 7. The first-order valence-corrected chi connectivity index (χ1v) is 22.3. The van der Waals surface area contributed by atoms with Gasteiger partial charge in [0.1, 0.15) is 36.5 Å². The number of anilines is 3. The minimum atomic E-state index is -1.12. The molecule has 17 heteroatoms. The molecule has 4 aliphatic heterocycles. The van der Waals surface area contributed by atoms with Gasteiger partial charge in [-0.1, -0.05) is 26.0 Å². The minimum Gasteiger partial charge on any atom is -0.507 e. The lowest BCUT2D eigenvalue weighted by molar-refractivity contribution is -0.149. The molecule has 2 bridgehead atoms. The van der Waals surface area contributed by atoms with Gasteiger partial charge in [0.05, 0.1) is 35.6 Å². The number of ether oxygens (including phenoxy) is 3. The van der Waals surface area contributed by atoms with Crippen LogP contribution in [0.2, 0.25) is 0 Å². The number of para-hydroxylation sites is 1. The number of aliphatic hydroxyl groups excluding tert-OH is 1. The number of hydrogen-bond acceptors (Lipinski definition) is 15. The third kappa shape index (κ3) is 9.22. The van der Waals surface area contributed by atoms with Gasteiger partial charge in [-0.05, 0) is 55.9 Å². The Morgan fingerprint density at radius 2 is 1.70 bits per heavy atom. The van der Waals surface area contributed by atoms with Crippen LogP contribution < -0.4 is 25.0 Å². The fourth-order valence-electron chi connectivity index (χ4n) is 10.1. The number of piperidine rings is 1. The lowest BCUT2D eigenvalue weighted by Gasteiger charge is -2.43. The van der Waals surface area contributed by atoms with Crippen LogP contribution in [0.25, 0.3) is 11.3 Å². The Morgan fingerprint density at radius 1 is 0.937 bits per heavy atom. The number of pyridine rings is 1. The Morgan fingerprint density at radius 3 is 2.43 bits per heavy atom. The topological polar surface area (TPSA) is 213 Å². The molecule has 0 spiro atoms. The average Bonchev–Trinajstić information content (AvgIpc) is 3.96. The molecule has 5 fully saturated rings. The van der Waals surface area contributed by atoms with E-state index in [1.54, 1.807) is 18.2 Å². The van der Waals surface area contributed by atoms with E-state index in [-0.39, 0.29) is 48.9 Å². The number of β-amino-alcohol motifs (C(OH)–C–C–N with tert-alkyl or cyclic N) is 1. The third-order valence-electron chi connectivity index (χ3n) is 13.4. The molecule has 17 nitrogen and oxygen atoms in total. The van der Waals surface area contributed by atoms with Crippen molar-refractivity contribution in [1.29, 1.82) is 0 Å². The van der Waals surface area contributed by atoms with E-state index in [1.165, 1.54) is 11.2 Å². The van der Waals surface area contributed by atoms with E-state index in [1.807, 2.05) is 38.2 Å². The van der Waals surface area contributed by atoms with E-state index in [4.69, 9.17) is 24.4 Å². The maximum Gasteiger partial charge on any atom is 0.326 e. The lowest BCUT2D eigenvalue weighted by Crippen LogP contribution is -2.54. The molecule has 2 unspecified atom stereocenters. The zero-order valence-electron chi connectivity index (χ0n) is 35.9. The second-order valence-electron chi connectivity index (χ2n) is 18.1. The third-order valence-corrected chi connectivity index (χ3v) is 13.4. The number of nitrogen functional groups attached to an aromatic ring is 1. The van der Waals surface area contributed by atoms with Crippen molar-refractivity contribution in [2.75, 3.05) is 61.4 Å². The Labute approximate surface area is 366 Å². The summed E-state index contributed by atoms with van der Waals surface area (Å²) < 4.78 is 24.7. The maximum absolute atomic E-state index is 13.5. The molecule has 1 amide bonds. The first-order chi connectivity index (χ1) is 30.5. The molecule has 5 N–H and O–H groups in total. The SMILES string of the molecule is CC(C)[C@@H](C(=O)N1C[C@H](O)C[C@H]1C(=O)O)c1cc(OCCN2CCC(OC3CC(Oc4cc(N5C6CCC5CN(c5cc(-c7ccccc7O)nnc5N)C6)ccn4)C3)CC2)co1. The summed E-state index contributed by atoms with van der Waals surface area (Å²) in [6, 6.07) is 14.5. The molecule has 5 aliphatic rings. The number of aliphatic carboxylic acids is 1. The largest absolute Gasteiger partial charge is 0.507 e. The van der Waals surface area contributed by atoms with E-state index in [0.717, 1.165) is 82.6 Å². The second-order valence-corrected chi connectivity index (χ2v) is 18.1. The number of aromatic hydroxyl groups is 1.